The minimum Gasteiger partial charge on any atom is -0.409 e. The van der Waals surface area contributed by atoms with Gasteiger partial charge in [-0.15, -0.1) is 0 Å². The molecule has 76 valence electrons. The lowest BCUT2D eigenvalue weighted by molar-refractivity contribution is 0.226. The van der Waals surface area contributed by atoms with E-state index in [1.54, 1.807) is 0 Å². The van der Waals surface area contributed by atoms with E-state index in [0.29, 0.717) is 18.1 Å². The molecule has 0 spiro atoms. The van der Waals surface area contributed by atoms with E-state index < -0.39 is 7.82 Å². The highest BCUT2D eigenvalue weighted by molar-refractivity contribution is 7.46. The lowest BCUT2D eigenvalue weighted by Gasteiger charge is -2.23. The summed E-state index contributed by atoms with van der Waals surface area (Å²) in [6, 6.07) is 0. The van der Waals surface area contributed by atoms with Gasteiger partial charge in [-0.2, -0.15) is 0 Å². The zero-order valence-electron chi connectivity index (χ0n) is 7.86. The van der Waals surface area contributed by atoms with Gasteiger partial charge in [0.2, 0.25) is 0 Å². The van der Waals surface area contributed by atoms with Crippen LogP contribution >= 0.6 is 7.82 Å². The summed E-state index contributed by atoms with van der Waals surface area (Å²) in [5.41, 5.74) is 0.967. The summed E-state index contributed by atoms with van der Waals surface area (Å²) in [6.07, 6.45) is 2.65. The van der Waals surface area contributed by atoms with Crippen molar-refractivity contribution in [1.29, 1.82) is 0 Å². The number of rotatable bonds is 2. The normalized spacial score (nSPS) is 24.8. The molecule has 0 heterocycles. The monoisotopic (exact) mass is 206 g/mol. The van der Waals surface area contributed by atoms with E-state index in [4.69, 9.17) is 9.79 Å². The zero-order valence-corrected chi connectivity index (χ0v) is 8.75. The second kappa shape index (κ2) is 3.82. The lowest BCUT2D eigenvalue weighted by Crippen LogP contribution is -2.08. The van der Waals surface area contributed by atoms with Gasteiger partial charge in [-0.3, -0.25) is 9.79 Å². The first-order valence-corrected chi connectivity index (χ1v) is 5.88. The predicted octanol–water partition coefficient (Wildman–Crippen LogP) is 2.19. The molecule has 0 aliphatic heterocycles. The Morgan fingerprint density at radius 1 is 1.54 bits per heavy atom. The average Bonchev–Trinajstić information content (AvgIpc) is 1.96. The molecule has 1 atom stereocenters. The van der Waals surface area contributed by atoms with Gasteiger partial charge < -0.3 is 4.52 Å². The third-order valence-corrected chi connectivity index (χ3v) is 2.91. The fourth-order valence-corrected chi connectivity index (χ4v) is 2.04. The highest BCUT2D eigenvalue weighted by atomic mass is 31.2. The van der Waals surface area contributed by atoms with Crippen LogP contribution in [0.1, 0.15) is 33.1 Å². The third-order valence-electron chi connectivity index (χ3n) is 2.45. The van der Waals surface area contributed by atoms with Crippen molar-refractivity contribution in [3.05, 3.63) is 11.3 Å². The van der Waals surface area contributed by atoms with Crippen molar-refractivity contribution in [2.75, 3.05) is 0 Å². The largest absolute Gasteiger partial charge is 0.524 e. The molecular formula is C8H15O4P. The lowest BCUT2D eigenvalue weighted by atomic mass is 9.89. The van der Waals surface area contributed by atoms with E-state index in [2.05, 4.69) is 4.52 Å². The predicted molar refractivity (Wildman–Crippen MR) is 48.8 cm³/mol. The van der Waals surface area contributed by atoms with E-state index in [-0.39, 0.29) is 0 Å². The molecule has 13 heavy (non-hydrogen) atoms. The summed E-state index contributed by atoms with van der Waals surface area (Å²) in [5, 5.41) is 0. The maximum Gasteiger partial charge on any atom is 0.524 e. The van der Waals surface area contributed by atoms with E-state index in [0.717, 1.165) is 18.4 Å². The van der Waals surface area contributed by atoms with Crippen LogP contribution in [0.4, 0.5) is 0 Å². The van der Waals surface area contributed by atoms with Crippen molar-refractivity contribution in [2.24, 2.45) is 5.92 Å². The van der Waals surface area contributed by atoms with Gasteiger partial charge in [0.25, 0.3) is 0 Å². The molecule has 5 heteroatoms. The van der Waals surface area contributed by atoms with Crippen LogP contribution in [0.2, 0.25) is 0 Å². The summed E-state index contributed by atoms with van der Waals surface area (Å²) in [7, 11) is -4.36. The Balaban J connectivity index is 2.78. The van der Waals surface area contributed by atoms with Crippen LogP contribution in [-0.2, 0) is 9.09 Å². The highest BCUT2D eigenvalue weighted by Gasteiger charge is 2.23. The summed E-state index contributed by atoms with van der Waals surface area (Å²) in [6.45, 7) is 3.91. The van der Waals surface area contributed by atoms with Crippen molar-refractivity contribution in [1.82, 2.24) is 0 Å². The average molecular weight is 206 g/mol. The molecule has 0 amide bonds. The highest BCUT2D eigenvalue weighted by Crippen LogP contribution is 2.43. The first-order valence-electron chi connectivity index (χ1n) is 4.35. The Morgan fingerprint density at radius 3 is 2.69 bits per heavy atom. The standard InChI is InChI=1S/C8H15O4P/c1-6-4-3-5-8(7(6)2)12-13(9,10)11/h6H,3-5H2,1-2H3,(H2,9,10,11). The first kappa shape index (κ1) is 10.8. The second-order valence-corrected chi connectivity index (χ2v) is 4.65. The van der Waals surface area contributed by atoms with E-state index >= 15 is 0 Å². The molecule has 0 bridgehead atoms. The van der Waals surface area contributed by atoms with Crippen LogP contribution < -0.4 is 0 Å². The van der Waals surface area contributed by atoms with Crippen molar-refractivity contribution in [3.63, 3.8) is 0 Å². The summed E-state index contributed by atoms with van der Waals surface area (Å²) in [5.74, 6) is 0.849. The number of hydrogen-bond donors (Lipinski definition) is 2. The molecule has 0 aromatic heterocycles. The summed E-state index contributed by atoms with van der Waals surface area (Å²) < 4.78 is 15.2. The Morgan fingerprint density at radius 2 is 2.15 bits per heavy atom. The van der Waals surface area contributed by atoms with Crippen molar-refractivity contribution in [2.45, 2.75) is 33.1 Å². The van der Waals surface area contributed by atoms with Gasteiger partial charge in [-0.25, -0.2) is 4.57 Å². The maximum atomic E-state index is 10.6. The van der Waals surface area contributed by atoms with Crippen molar-refractivity contribution >= 4 is 7.82 Å². The van der Waals surface area contributed by atoms with Crippen LogP contribution in [0.3, 0.4) is 0 Å². The van der Waals surface area contributed by atoms with Gasteiger partial charge in [-0.05, 0) is 31.3 Å². The van der Waals surface area contributed by atoms with Gasteiger partial charge >= 0.3 is 7.82 Å². The molecule has 0 saturated heterocycles. The van der Waals surface area contributed by atoms with E-state index in [9.17, 15) is 4.57 Å². The molecule has 0 aromatic rings. The minimum atomic E-state index is -4.36. The van der Waals surface area contributed by atoms with Crippen LogP contribution in [-0.4, -0.2) is 9.79 Å². The van der Waals surface area contributed by atoms with E-state index in [1.165, 1.54) is 0 Å². The molecule has 0 saturated carbocycles. The molecule has 4 nitrogen and oxygen atoms in total. The molecule has 0 aromatic carbocycles. The molecule has 0 radical (unpaired) electrons. The van der Waals surface area contributed by atoms with Crippen molar-refractivity contribution in [3.8, 4) is 0 Å². The summed E-state index contributed by atoms with van der Waals surface area (Å²) >= 11 is 0. The van der Waals surface area contributed by atoms with Crippen LogP contribution in [0.15, 0.2) is 11.3 Å². The number of phosphoric ester groups is 1. The van der Waals surface area contributed by atoms with Gasteiger partial charge in [-0.1, -0.05) is 6.92 Å². The van der Waals surface area contributed by atoms with Gasteiger partial charge in [0.15, 0.2) is 0 Å². The molecule has 1 aliphatic carbocycles. The molecule has 0 fully saturated rings. The molecular weight excluding hydrogens is 191 g/mol. The number of hydrogen-bond acceptors (Lipinski definition) is 2. The Hall–Kier alpha value is -0.310. The fourth-order valence-electron chi connectivity index (χ4n) is 1.52. The smallest absolute Gasteiger partial charge is 0.409 e. The molecule has 1 aliphatic rings. The maximum absolute atomic E-state index is 10.6. The van der Waals surface area contributed by atoms with Gasteiger partial charge in [0.1, 0.15) is 5.76 Å². The zero-order chi connectivity index (χ0) is 10.1. The fraction of sp³-hybridized carbons (Fsp3) is 0.750. The first-order chi connectivity index (χ1) is 5.90. The SMILES string of the molecule is CC1=C(OP(=O)(O)O)CCCC1C. The number of phosphoric acid groups is 1. The molecule has 1 unspecified atom stereocenters. The van der Waals surface area contributed by atoms with Crippen LogP contribution in [0.5, 0.6) is 0 Å². The van der Waals surface area contributed by atoms with Crippen molar-refractivity contribution < 1.29 is 18.9 Å². The Kier molecular flexibility index (Phi) is 3.17. The molecule has 2 N–H and O–H groups in total. The Labute approximate surface area is 77.9 Å². The van der Waals surface area contributed by atoms with Gasteiger partial charge in [0.05, 0.1) is 0 Å². The second-order valence-electron chi connectivity index (χ2n) is 3.48. The van der Waals surface area contributed by atoms with Crippen LogP contribution in [0.25, 0.3) is 0 Å². The van der Waals surface area contributed by atoms with Crippen LogP contribution in [0, 0.1) is 5.92 Å². The Bertz CT molecular complexity index is 265. The summed E-state index contributed by atoms with van der Waals surface area (Å²) in [4.78, 5) is 17.3. The molecule has 1 rings (SSSR count). The van der Waals surface area contributed by atoms with E-state index in [1.807, 2.05) is 13.8 Å². The minimum absolute atomic E-state index is 0.371. The topological polar surface area (TPSA) is 66.8 Å². The third kappa shape index (κ3) is 3.14. The quantitative estimate of drug-likeness (QED) is 0.679. The van der Waals surface area contributed by atoms with Gasteiger partial charge in [0, 0.05) is 6.42 Å². The number of allylic oxidation sites excluding steroid dienone is 2.